The predicted molar refractivity (Wildman–Crippen MR) is 94.3 cm³/mol. The van der Waals surface area contributed by atoms with Crippen LogP contribution in [0.25, 0.3) is 12.2 Å². The molecule has 0 spiro atoms. The van der Waals surface area contributed by atoms with Gasteiger partial charge in [-0.15, -0.1) is 0 Å². The molecule has 0 radical (unpaired) electrons. The van der Waals surface area contributed by atoms with Crippen LogP contribution in [0, 0.1) is 0 Å². The number of benzene rings is 3. The average Bonchev–Trinajstić information content (AvgIpc) is 2.75. The van der Waals surface area contributed by atoms with Gasteiger partial charge in [-0.3, -0.25) is 0 Å². The number of anilines is 2. The molecule has 3 aromatic carbocycles. The molecular weight excluding hydrogens is 266 g/mol. The maximum atomic E-state index is 3.57. The van der Waals surface area contributed by atoms with E-state index < -0.39 is 0 Å². The summed E-state index contributed by atoms with van der Waals surface area (Å²) < 4.78 is 0. The average molecular weight is 283 g/mol. The minimum Gasteiger partial charge on any atom is -0.355 e. The molecule has 0 amide bonds. The monoisotopic (exact) mass is 283 g/mol. The number of hydrogen-bond acceptors (Lipinski definition) is 1. The van der Waals surface area contributed by atoms with Crippen LogP contribution in [0.4, 0.5) is 11.4 Å². The summed E-state index contributed by atoms with van der Waals surface area (Å²) in [5.41, 5.74) is 7.53. The van der Waals surface area contributed by atoms with Crippen LogP contribution in [-0.2, 0) is 6.42 Å². The van der Waals surface area contributed by atoms with E-state index in [2.05, 4.69) is 90.3 Å². The van der Waals surface area contributed by atoms with E-state index in [-0.39, 0.29) is 0 Å². The molecule has 1 heterocycles. The first kappa shape index (κ1) is 12.9. The lowest BCUT2D eigenvalue weighted by molar-refractivity contribution is 1.19. The first-order valence-corrected chi connectivity index (χ1v) is 7.60. The third kappa shape index (κ3) is 2.42. The molecule has 0 aliphatic carbocycles. The zero-order chi connectivity index (χ0) is 14.8. The van der Waals surface area contributed by atoms with E-state index in [1.54, 1.807) is 0 Å². The molecule has 4 rings (SSSR count). The van der Waals surface area contributed by atoms with Gasteiger partial charge in [0.15, 0.2) is 0 Å². The van der Waals surface area contributed by atoms with Gasteiger partial charge in [0, 0.05) is 16.9 Å². The van der Waals surface area contributed by atoms with Gasteiger partial charge < -0.3 is 5.32 Å². The topological polar surface area (TPSA) is 12.0 Å². The molecule has 0 saturated carbocycles. The summed E-state index contributed by atoms with van der Waals surface area (Å²) in [7, 11) is 0. The molecule has 1 aliphatic heterocycles. The molecule has 0 aromatic heterocycles. The lowest BCUT2D eigenvalue weighted by Crippen LogP contribution is -1.97. The Morgan fingerprint density at radius 1 is 0.636 bits per heavy atom. The number of fused-ring (bicyclic) bond motifs is 2. The molecule has 0 bridgehead atoms. The molecule has 0 saturated heterocycles. The van der Waals surface area contributed by atoms with Crippen molar-refractivity contribution < 1.29 is 0 Å². The van der Waals surface area contributed by atoms with Gasteiger partial charge in [0.25, 0.3) is 0 Å². The first-order chi connectivity index (χ1) is 10.9. The lowest BCUT2D eigenvalue weighted by atomic mass is 9.98. The number of nitrogens with one attached hydrogen (secondary N) is 1. The van der Waals surface area contributed by atoms with Crippen LogP contribution in [-0.4, -0.2) is 0 Å². The Hall–Kier alpha value is -2.80. The third-order valence-electron chi connectivity index (χ3n) is 4.09. The molecule has 1 N–H and O–H groups in total. The molecule has 1 heteroatoms. The highest BCUT2D eigenvalue weighted by Crippen LogP contribution is 2.32. The first-order valence-electron chi connectivity index (χ1n) is 7.60. The Balaban J connectivity index is 1.77. The number of para-hydroxylation sites is 1. The van der Waals surface area contributed by atoms with Crippen LogP contribution in [0.15, 0.2) is 72.8 Å². The molecule has 1 aliphatic rings. The van der Waals surface area contributed by atoms with E-state index in [0.717, 1.165) is 12.1 Å². The van der Waals surface area contributed by atoms with Crippen molar-refractivity contribution in [1.82, 2.24) is 0 Å². The fourth-order valence-corrected chi connectivity index (χ4v) is 2.96. The summed E-state index contributed by atoms with van der Waals surface area (Å²) in [5.74, 6) is 0. The molecule has 0 unspecified atom stereocenters. The summed E-state index contributed by atoms with van der Waals surface area (Å²) in [4.78, 5) is 0. The van der Waals surface area contributed by atoms with Gasteiger partial charge in [0.2, 0.25) is 0 Å². The third-order valence-corrected chi connectivity index (χ3v) is 4.09. The zero-order valence-electron chi connectivity index (χ0n) is 12.3. The Morgan fingerprint density at radius 3 is 2.32 bits per heavy atom. The predicted octanol–water partition coefficient (Wildman–Crippen LogP) is 5.50. The molecule has 3 aromatic rings. The van der Waals surface area contributed by atoms with E-state index in [4.69, 9.17) is 0 Å². The molecule has 22 heavy (non-hydrogen) atoms. The van der Waals surface area contributed by atoms with Crippen LogP contribution in [0.5, 0.6) is 0 Å². The second kappa shape index (κ2) is 5.53. The summed E-state index contributed by atoms with van der Waals surface area (Å²) in [5, 5.41) is 3.57. The Labute approximate surface area is 130 Å². The normalized spacial score (nSPS) is 12.0. The van der Waals surface area contributed by atoms with Crippen LogP contribution in [0.1, 0.15) is 22.3 Å². The Kier molecular flexibility index (Phi) is 3.24. The fourth-order valence-electron chi connectivity index (χ4n) is 2.96. The van der Waals surface area contributed by atoms with Gasteiger partial charge >= 0.3 is 0 Å². The minimum absolute atomic E-state index is 0.951. The van der Waals surface area contributed by atoms with Gasteiger partial charge in [-0.05, 0) is 35.2 Å². The van der Waals surface area contributed by atoms with Crippen molar-refractivity contribution in [2.45, 2.75) is 6.42 Å². The molecule has 1 nitrogen and oxygen atoms in total. The maximum absolute atomic E-state index is 3.57. The van der Waals surface area contributed by atoms with Crippen molar-refractivity contribution in [3.8, 4) is 0 Å². The second-order valence-electron chi connectivity index (χ2n) is 5.59. The van der Waals surface area contributed by atoms with Crippen molar-refractivity contribution in [2.75, 3.05) is 5.32 Å². The lowest BCUT2D eigenvalue weighted by Gasteiger charge is -2.13. The highest BCUT2D eigenvalue weighted by atomic mass is 14.9. The minimum atomic E-state index is 0.951. The van der Waals surface area contributed by atoms with Crippen molar-refractivity contribution >= 4 is 23.5 Å². The maximum Gasteiger partial charge on any atom is 0.0460 e. The van der Waals surface area contributed by atoms with Gasteiger partial charge in [0.05, 0.1) is 0 Å². The highest BCUT2D eigenvalue weighted by molar-refractivity contribution is 5.88. The van der Waals surface area contributed by atoms with Crippen LogP contribution >= 0.6 is 0 Å². The fraction of sp³-hybridized carbons (Fsp3) is 0.0476. The van der Waals surface area contributed by atoms with Crippen LogP contribution in [0.3, 0.4) is 0 Å². The highest BCUT2D eigenvalue weighted by Gasteiger charge is 2.11. The SMILES string of the molecule is C1=Cc2c(Cc3ccccc3)cccc2Nc2ccccc21. The van der Waals surface area contributed by atoms with Crippen LogP contribution < -0.4 is 5.32 Å². The van der Waals surface area contributed by atoms with Gasteiger partial charge in [-0.1, -0.05) is 72.8 Å². The van der Waals surface area contributed by atoms with Gasteiger partial charge in [0.1, 0.15) is 0 Å². The standard InChI is InChI=1S/C21H17N/c1-2-7-16(8-3-1)15-18-10-6-12-21-19(18)14-13-17-9-4-5-11-20(17)22-21/h1-14,22H,15H2. The smallest absolute Gasteiger partial charge is 0.0460 e. The van der Waals surface area contributed by atoms with Gasteiger partial charge in [-0.2, -0.15) is 0 Å². The van der Waals surface area contributed by atoms with Crippen molar-refractivity contribution in [1.29, 1.82) is 0 Å². The Bertz CT molecular complexity index is 832. The molecule has 0 atom stereocenters. The van der Waals surface area contributed by atoms with Crippen molar-refractivity contribution in [3.05, 3.63) is 95.1 Å². The van der Waals surface area contributed by atoms with Gasteiger partial charge in [-0.25, -0.2) is 0 Å². The van der Waals surface area contributed by atoms with E-state index in [1.807, 2.05) is 0 Å². The second-order valence-corrected chi connectivity index (χ2v) is 5.59. The molecule has 106 valence electrons. The van der Waals surface area contributed by atoms with Crippen LogP contribution in [0.2, 0.25) is 0 Å². The largest absolute Gasteiger partial charge is 0.355 e. The summed E-state index contributed by atoms with van der Waals surface area (Å²) in [6, 6.07) is 25.5. The van der Waals surface area contributed by atoms with E-state index >= 15 is 0 Å². The van der Waals surface area contributed by atoms with Crippen molar-refractivity contribution in [3.63, 3.8) is 0 Å². The van der Waals surface area contributed by atoms with Crippen molar-refractivity contribution in [2.24, 2.45) is 0 Å². The molecular formula is C21H17N. The summed E-state index contributed by atoms with van der Waals surface area (Å²) >= 11 is 0. The van der Waals surface area contributed by atoms with E-state index in [9.17, 15) is 0 Å². The summed E-state index contributed by atoms with van der Waals surface area (Å²) in [6.07, 6.45) is 5.38. The van der Waals surface area contributed by atoms with E-state index in [0.29, 0.717) is 0 Å². The molecule has 0 fully saturated rings. The summed E-state index contributed by atoms with van der Waals surface area (Å²) in [6.45, 7) is 0. The quantitative estimate of drug-likeness (QED) is 0.512. The number of rotatable bonds is 2. The zero-order valence-corrected chi connectivity index (χ0v) is 12.3. The number of hydrogen-bond donors (Lipinski definition) is 1. The Morgan fingerprint density at radius 2 is 1.41 bits per heavy atom. The van der Waals surface area contributed by atoms with E-state index in [1.165, 1.54) is 27.9 Å².